The van der Waals surface area contributed by atoms with Crippen molar-refractivity contribution >= 4 is 5.97 Å². The Hall–Kier alpha value is -0.790. The number of hydrogen-bond acceptors (Lipinski definition) is 2. The molecule has 31 valence electrons. The van der Waals surface area contributed by atoms with Crippen molar-refractivity contribution in [2.24, 2.45) is 0 Å². The summed E-state index contributed by atoms with van der Waals surface area (Å²) in [6, 6.07) is 0. The van der Waals surface area contributed by atoms with Gasteiger partial charge in [-0.2, -0.15) is 0 Å². The van der Waals surface area contributed by atoms with Crippen LogP contribution in [-0.4, -0.2) is 5.97 Å². The zero-order valence-corrected chi connectivity index (χ0v) is 3.10. The molecule has 0 bridgehead atoms. The summed E-state index contributed by atoms with van der Waals surface area (Å²) in [4.78, 5) is 9.93. The van der Waals surface area contributed by atoms with E-state index in [0.29, 0.717) is 6.42 Å². The number of rotatable bonds is 0. The lowest BCUT2D eigenvalue weighted by atomic mass is 10.5. The minimum Gasteiger partial charge on any atom is -0.434 e. The van der Waals surface area contributed by atoms with Crippen molar-refractivity contribution in [1.82, 2.24) is 0 Å². The molecule has 1 aliphatic rings. The van der Waals surface area contributed by atoms with E-state index in [1.807, 2.05) is 0 Å². The second-order valence-electron chi connectivity index (χ2n) is 0.989. The lowest BCUT2D eigenvalue weighted by Crippen LogP contribution is -1.87. The second kappa shape index (κ2) is 1.12. The van der Waals surface area contributed by atoms with Crippen molar-refractivity contribution in [3.8, 4) is 0 Å². The highest BCUT2D eigenvalue weighted by atomic mass is 16.5. The molecule has 0 unspecified atom stereocenters. The highest BCUT2D eigenvalue weighted by Crippen LogP contribution is 1.95. The molecule has 0 aromatic carbocycles. The summed E-state index contributed by atoms with van der Waals surface area (Å²) in [6.45, 7) is 0. The lowest BCUT2D eigenvalue weighted by Gasteiger charge is -1.78. The third-order valence-electron chi connectivity index (χ3n) is 0.520. The maximum Gasteiger partial charge on any atom is 0.315 e. The van der Waals surface area contributed by atoms with Crippen LogP contribution >= 0.6 is 0 Å². The highest BCUT2D eigenvalue weighted by molar-refractivity contribution is 5.72. The van der Waals surface area contributed by atoms with Gasteiger partial charge in [0.2, 0.25) is 0 Å². The van der Waals surface area contributed by atoms with Crippen LogP contribution in [0, 0.1) is 6.08 Å². The van der Waals surface area contributed by atoms with Crippen LogP contribution in [0.5, 0.6) is 0 Å². The maximum atomic E-state index is 9.93. The van der Waals surface area contributed by atoms with Crippen LogP contribution in [0.1, 0.15) is 6.42 Å². The molecule has 1 heterocycles. The van der Waals surface area contributed by atoms with Crippen LogP contribution in [0.15, 0.2) is 6.26 Å². The largest absolute Gasteiger partial charge is 0.434 e. The molecule has 0 amide bonds. The smallest absolute Gasteiger partial charge is 0.315 e. The first-order chi connectivity index (χ1) is 2.89. The van der Waals surface area contributed by atoms with Gasteiger partial charge >= 0.3 is 5.97 Å². The molecule has 2 nitrogen and oxygen atoms in total. The summed E-state index contributed by atoms with van der Waals surface area (Å²) >= 11 is 0. The van der Waals surface area contributed by atoms with E-state index >= 15 is 0 Å². The fourth-order valence-electron chi connectivity index (χ4n) is 0.274. The Morgan fingerprint density at radius 1 is 2.00 bits per heavy atom. The van der Waals surface area contributed by atoms with Crippen molar-refractivity contribution in [2.75, 3.05) is 0 Å². The summed E-state index contributed by atoms with van der Waals surface area (Å²) < 4.78 is 4.28. The topological polar surface area (TPSA) is 26.3 Å². The summed E-state index contributed by atoms with van der Waals surface area (Å²) in [5, 5.41) is 0. The van der Waals surface area contributed by atoms with Gasteiger partial charge in [-0.25, -0.2) is 0 Å². The van der Waals surface area contributed by atoms with Crippen molar-refractivity contribution < 1.29 is 9.53 Å². The molecule has 0 saturated heterocycles. The Bertz CT molecular complexity index is 83.7. The van der Waals surface area contributed by atoms with E-state index in [1.165, 1.54) is 6.26 Å². The lowest BCUT2D eigenvalue weighted by molar-refractivity contribution is -0.135. The fraction of sp³-hybridized carbons (Fsp3) is 0.250. The maximum absolute atomic E-state index is 9.93. The first kappa shape index (κ1) is 3.40. The number of cyclic esters (lactones) is 1. The Kier molecular flexibility index (Phi) is 0.638. The van der Waals surface area contributed by atoms with Crippen molar-refractivity contribution in [1.29, 1.82) is 0 Å². The highest BCUT2D eigenvalue weighted by Gasteiger charge is 2.01. The standard InChI is InChI=1S/C4H3O2/c5-4-2-1-3-6-4/h3H,2H2. The molecular formula is C4H3O2. The summed E-state index contributed by atoms with van der Waals surface area (Å²) in [6.07, 6.45) is 4.17. The number of ether oxygens (including phenoxy) is 1. The van der Waals surface area contributed by atoms with Gasteiger partial charge in [0.25, 0.3) is 0 Å². The first-order valence-electron chi connectivity index (χ1n) is 1.64. The monoisotopic (exact) mass is 83.0 g/mol. The van der Waals surface area contributed by atoms with Crippen LogP contribution in [-0.2, 0) is 9.53 Å². The molecule has 6 heavy (non-hydrogen) atoms. The molecule has 1 aliphatic heterocycles. The predicted octanol–water partition coefficient (Wildman–Crippen LogP) is 0.250. The number of carbonyl (C=O) groups is 1. The van der Waals surface area contributed by atoms with Crippen LogP contribution in [0.3, 0.4) is 0 Å². The summed E-state index contributed by atoms with van der Waals surface area (Å²) in [5.74, 6) is -0.213. The minimum atomic E-state index is -0.213. The van der Waals surface area contributed by atoms with Crippen LogP contribution in [0.4, 0.5) is 0 Å². The second-order valence-corrected chi connectivity index (χ2v) is 0.989. The van der Waals surface area contributed by atoms with E-state index in [-0.39, 0.29) is 5.97 Å². The molecule has 1 rings (SSSR count). The van der Waals surface area contributed by atoms with Crippen LogP contribution in [0.25, 0.3) is 0 Å². The van der Waals surface area contributed by atoms with Gasteiger partial charge in [-0.1, -0.05) is 0 Å². The van der Waals surface area contributed by atoms with E-state index in [9.17, 15) is 4.79 Å². The quantitative estimate of drug-likeness (QED) is 0.392. The predicted molar refractivity (Wildman–Crippen MR) is 18.5 cm³/mol. The van der Waals surface area contributed by atoms with Gasteiger partial charge in [0.1, 0.15) is 0 Å². The van der Waals surface area contributed by atoms with Gasteiger partial charge in [0.15, 0.2) is 0 Å². The molecule has 0 fully saturated rings. The first-order valence-corrected chi connectivity index (χ1v) is 1.64. The number of esters is 1. The average Bonchev–Trinajstić information content (AvgIpc) is 1.86. The molecule has 0 N–H and O–H groups in total. The van der Waals surface area contributed by atoms with Crippen molar-refractivity contribution in [3.63, 3.8) is 0 Å². The van der Waals surface area contributed by atoms with Gasteiger partial charge < -0.3 is 4.74 Å². The zero-order chi connectivity index (χ0) is 4.41. The van der Waals surface area contributed by atoms with Gasteiger partial charge in [-0.05, 0) is 0 Å². The van der Waals surface area contributed by atoms with E-state index < -0.39 is 0 Å². The Morgan fingerprint density at radius 2 is 2.83 bits per heavy atom. The molecule has 0 aromatic rings. The third-order valence-corrected chi connectivity index (χ3v) is 0.520. The normalized spacial score (nSPS) is 18.3. The molecular weight excluding hydrogens is 80.0 g/mol. The zero-order valence-electron chi connectivity index (χ0n) is 3.10. The Morgan fingerprint density at radius 3 is 3.00 bits per heavy atom. The number of carbonyl (C=O) groups excluding carboxylic acids is 1. The van der Waals surface area contributed by atoms with Gasteiger partial charge in [0.05, 0.1) is 12.7 Å². The minimum absolute atomic E-state index is 0.213. The Labute approximate surface area is 35.4 Å². The molecule has 0 spiro atoms. The molecule has 0 atom stereocenters. The van der Waals surface area contributed by atoms with E-state index in [0.717, 1.165) is 0 Å². The van der Waals surface area contributed by atoms with Crippen LogP contribution in [0.2, 0.25) is 0 Å². The third kappa shape index (κ3) is 0.407. The summed E-state index contributed by atoms with van der Waals surface area (Å²) in [7, 11) is 0. The van der Waals surface area contributed by atoms with E-state index in [4.69, 9.17) is 0 Å². The molecule has 0 aromatic heterocycles. The SMILES string of the molecule is O=C1C[C]=CO1. The molecule has 0 saturated carbocycles. The van der Waals surface area contributed by atoms with Crippen LogP contribution < -0.4 is 0 Å². The number of hydrogen-bond donors (Lipinski definition) is 0. The van der Waals surface area contributed by atoms with Crippen molar-refractivity contribution in [3.05, 3.63) is 12.3 Å². The molecule has 2 heteroatoms. The van der Waals surface area contributed by atoms with E-state index in [2.05, 4.69) is 10.8 Å². The van der Waals surface area contributed by atoms with Gasteiger partial charge in [-0.15, -0.1) is 0 Å². The fourth-order valence-corrected chi connectivity index (χ4v) is 0.274. The Balaban J connectivity index is 2.52. The van der Waals surface area contributed by atoms with E-state index in [1.54, 1.807) is 0 Å². The molecule has 0 aliphatic carbocycles. The average molecular weight is 83.1 g/mol. The van der Waals surface area contributed by atoms with Gasteiger partial charge in [0, 0.05) is 6.08 Å². The van der Waals surface area contributed by atoms with Gasteiger partial charge in [-0.3, -0.25) is 4.79 Å². The van der Waals surface area contributed by atoms with Crippen molar-refractivity contribution in [2.45, 2.75) is 6.42 Å². The summed E-state index contributed by atoms with van der Waals surface area (Å²) in [5.41, 5.74) is 0. The molecule has 1 radical (unpaired) electrons.